The van der Waals surface area contributed by atoms with Crippen molar-refractivity contribution in [2.75, 3.05) is 45.1 Å². The average molecular weight is 250 g/mol. The molecule has 6 nitrogen and oxygen atoms in total. The molecule has 2 rings (SSSR count). The Kier molecular flexibility index (Phi) is 4.49. The number of nitrogen functional groups attached to an aromatic ring is 1. The standard InChI is InChI=1S/C12H18N4O2/c13-11-1-2-14-9-10(11)12(17)15-3-4-16-5-7-18-8-6-16/h1-2,9H,3-8H2,(H2,13,14)(H,15,17). The second-order valence-electron chi connectivity index (χ2n) is 4.17. The lowest BCUT2D eigenvalue weighted by molar-refractivity contribution is 0.0383. The molecule has 1 amide bonds. The van der Waals surface area contributed by atoms with E-state index in [1.54, 1.807) is 12.3 Å². The molecule has 0 aliphatic carbocycles. The van der Waals surface area contributed by atoms with Gasteiger partial charge < -0.3 is 15.8 Å². The Hall–Kier alpha value is -1.66. The van der Waals surface area contributed by atoms with Crippen molar-refractivity contribution in [1.82, 2.24) is 15.2 Å². The van der Waals surface area contributed by atoms with Crippen LogP contribution in [0.5, 0.6) is 0 Å². The molecule has 3 N–H and O–H groups in total. The summed E-state index contributed by atoms with van der Waals surface area (Å²) in [5.74, 6) is -0.172. The van der Waals surface area contributed by atoms with Crippen molar-refractivity contribution in [2.45, 2.75) is 0 Å². The summed E-state index contributed by atoms with van der Waals surface area (Å²) < 4.78 is 5.26. The zero-order valence-electron chi connectivity index (χ0n) is 10.3. The number of morpholine rings is 1. The first kappa shape index (κ1) is 12.8. The zero-order chi connectivity index (χ0) is 12.8. The number of carbonyl (C=O) groups excluding carboxylic acids is 1. The van der Waals surface area contributed by atoms with E-state index in [-0.39, 0.29) is 5.91 Å². The van der Waals surface area contributed by atoms with E-state index in [1.165, 1.54) is 6.20 Å². The molecule has 98 valence electrons. The number of amides is 1. The quantitative estimate of drug-likeness (QED) is 0.768. The van der Waals surface area contributed by atoms with Crippen LogP contribution in [0.25, 0.3) is 0 Å². The normalized spacial score (nSPS) is 16.4. The van der Waals surface area contributed by atoms with Gasteiger partial charge in [0.2, 0.25) is 0 Å². The number of ether oxygens (including phenoxy) is 1. The van der Waals surface area contributed by atoms with Gasteiger partial charge in [-0.2, -0.15) is 0 Å². The van der Waals surface area contributed by atoms with Crippen LogP contribution in [0.3, 0.4) is 0 Å². The van der Waals surface area contributed by atoms with Gasteiger partial charge in [-0.3, -0.25) is 14.7 Å². The first-order valence-corrected chi connectivity index (χ1v) is 6.05. The van der Waals surface area contributed by atoms with Crippen LogP contribution < -0.4 is 11.1 Å². The van der Waals surface area contributed by atoms with Gasteiger partial charge in [0.1, 0.15) is 0 Å². The number of nitrogens with zero attached hydrogens (tertiary/aromatic N) is 2. The maximum atomic E-state index is 11.8. The molecule has 1 aliphatic rings. The molecule has 18 heavy (non-hydrogen) atoms. The fraction of sp³-hybridized carbons (Fsp3) is 0.500. The Balaban J connectivity index is 1.76. The minimum absolute atomic E-state index is 0.172. The van der Waals surface area contributed by atoms with E-state index in [1.807, 2.05) is 0 Å². The highest BCUT2D eigenvalue weighted by Gasteiger charge is 2.12. The first-order chi connectivity index (χ1) is 8.77. The van der Waals surface area contributed by atoms with Gasteiger partial charge >= 0.3 is 0 Å². The molecule has 0 atom stereocenters. The lowest BCUT2D eigenvalue weighted by Gasteiger charge is -2.26. The van der Waals surface area contributed by atoms with Gasteiger partial charge in [0.05, 0.1) is 18.8 Å². The molecular weight excluding hydrogens is 232 g/mol. The lowest BCUT2D eigenvalue weighted by atomic mass is 10.2. The SMILES string of the molecule is Nc1ccncc1C(=O)NCCN1CCOCC1. The molecule has 1 saturated heterocycles. The Morgan fingerprint density at radius 2 is 2.28 bits per heavy atom. The van der Waals surface area contributed by atoms with Crippen molar-refractivity contribution < 1.29 is 9.53 Å². The Labute approximate surface area is 106 Å². The third kappa shape index (κ3) is 3.41. The predicted molar refractivity (Wildman–Crippen MR) is 68.2 cm³/mol. The minimum Gasteiger partial charge on any atom is -0.398 e. The summed E-state index contributed by atoms with van der Waals surface area (Å²) in [6.45, 7) is 4.81. The Morgan fingerprint density at radius 1 is 1.50 bits per heavy atom. The summed E-state index contributed by atoms with van der Waals surface area (Å²) >= 11 is 0. The molecule has 6 heteroatoms. The number of nitrogens with one attached hydrogen (secondary N) is 1. The van der Waals surface area contributed by atoms with Gasteiger partial charge in [0.15, 0.2) is 0 Å². The number of anilines is 1. The third-order valence-electron chi connectivity index (χ3n) is 2.92. The van der Waals surface area contributed by atoms with Crippen molar-refractivity contribution >= 4 is 11.6 Å². The fourth-order valence-corrected chi connectivity index (χ4v) is 1.84. The Morgan fingerprint density at radius 3 is 3.00 bits per heavy atom. The summed E-state index contributed by atoms with van der Waals surface area (Å²) in [4.78, 5) is 18.0. The van der Waals surface area contributed by atoms with Crippen LogP contribution in [-0.4, -0.2) is 55.2 Å². The molecule has 0 saturated carbocycles. The van der Waals surface area contributed by atoms with Crippen molar-refractivity contribution in [3.8, 4) is 0 Å². The molecule has 1 aromatic heterocycles. The molecule has 1 aromatic rings. The molecule has 0 spiro atoms. The molecule has 1 fully saturated rings. The smallest absolute Gasteiger partial charge is 0.254 e. The molecule has 0 unspecified atom stereocenters. The summed E-state index contributed by atoms with van der Waals surface area (Å²) in [5, 5.41) is 2.85. The van der Waals surface area contributed by atoms with Gasteiger partial charge in [-0.15, -0.1) is 0 Å². The van der Waals surface area contributed by atoms with Crippen LogP contribution in [0.1, 0.15) is 10.4 Å². The van der Waals surface area contributed by atoms with Crippen LogP contribution in [0.4, 0.5) is 5.69 Å². The molecule has 1 aliphatic heterocycles. The van der Waals surface area contributed by atoms with Crippen LogP contribution in [-0.2, 0) is 4.74 Å². The second kappa shape index (κ2) is 6.32. The first-order valence-electron chi connectivity index (χ1n) is 6.05. The zero-order valence-corrected chi connectivity index (χ0v) is 10.3. The highest BCUT2D eigenvalue weighted by Crippen LogP contribution is 2.07. The largest absolute Gasteiger partial charge is 0.398 e. The van der Waals surface area contributed by atoms with E-state index >= 15 is 0 Å². The number of nitrogens with two attached hydrogens (primary N) is 1. The summed E-state index contributed by atoms with van der Waals surface area (Å²) in [6, 6.07) is 1.62. The number of hydrogen-bond donors (Lipinski definition) is 2. The van der Waals surface area contributed by atoms with E-state index in [2.05, 4.69) is 15.2 Å². The molecule has 0 radical (unpaired) electrons. The summed E-state index contributed by atoms with van der Waals surface area (Å²) in [7, 11) is 0. The van der Waals surface area contributed by atoms with Crippen molar-refractivity contribution in [2.24, 2.45) is 0 Å². The number of pyridine rings is 1. The predicted octanol–water partition coefficient (Wildman–Crippen LogP) is -0.274. The van der Waals surface area contributed by atoms with Crippen LogP contribution in [0.2, 0.25) is 0 Å². The van der Waals surface area contributed by atoms with E-state index in [9.17, 15) is 4.79 Å². The van der Waals surface area contributed by atoms with Gasteiger partial charge in [0, 0.05) is 44.3 Å². The van der Waals surface area contributed by atoms with Crippen LogP contribution in [0.15, 0.2) is 18.5 Å². The van der Waals surface area contributed by atoms with Crippen molar-refractivity contribution in [1.29, 1.82) is 0 Å². The average Bonchev–Trinajstić information content (AvgIpc) is 2.40. The number of hydrogen-bond acceptors (Lipinski definition) is 5. The van der Waals surface area contributed by atoms with Crippen molar-refractivity contribution in [3.05, 3.63) is 24.0 Å². The fourth-order valence-electron chi connectivity index (χ4n) is 1.84. The van der Waals surface area contributed by atoms with Gasteiger partial charge in [0.25, 0.3) is 5.91 Å². The molecule has 2 heterocycles. The summed E-state index contributed by atoms with van der Waals surface area (Å²) in [6.07, 6.45) is 3.05. The van der Waals surface area contributed by atoms with E-state index < -0.39 is 0 Å². The lowest BCUT2D eigenvalue weighted by Crippen LogP contribution is -2.41. The highest BCUT2D eigenvalue weighted by atomic mass is 16.5. The van der Waals surface area contributed by atoms with E-state index in [0.29, 0.717) is 17.8 Å². The maximum absolute atomic E-state index is 11.8. The van der Waals surface area contributed by atoms with Crippen molar-refractivity contribution in [3.63, 3.8) is 0 Å². The number of carbonyl (C=O) groups is 1. The number of aromatic nitrogens is 1. The number of rotatable bonds is 4. The highest BCUT2D eigenvalue weighted by molar-refractivity contribution is 5.98. The second-order valence-corrected chi connectivity index (χ2v) is 4.17. The topological polar surface area (TPSA) is 80.5 Å². The summed E-state index contributed by atoms with van der Waals surface area (Å²) in [5.41, 5.74) is 6.59. The van der Waals surface area contributed by atoms with Gasteiger partial charge in [-0.25, -0.2) is 0 Å². The Bertz CT molecular complexity index is 405. The maximum Gasteiger partial charge on any atom is 0.254 e. The van der Waals surface area contributed by atoms with Gasteiger partial charge in [-0.1, -0.05) is 0 Å². The molecule has 0 bridgehead atoms. The molecule has 0 aromatic carbocycles. The monoisotopic (exact) mass is 250 g/mol. The van der Waals surface area contributed by atoms with E-state index in [4.69, 9.17) is 10.5 Å². The van der Waals surface area contributed by atoms with Crippen LogP contribution >= 0.6 is 0 Å². The van der Waals surface area contributed by atoms with E-state index in [0.717, 1.165) is 32.8 Å². The van der Waals surface area contributed by atoms with Crippen LogP contribution in [0, 0.1) is 0 Å². The third-order valence-corrected chi connectivity index (χ3v) is 2.92. The van der Waals surface area contributed by atoms with Gasteiger partial charge in [-0.05, 0) is 6.07 Å². The molecular formula is C12H18N4O2. The minimum atomic E-state index is -0.172.